The second kappa shape index (κ2) is 8.95. The molecular weight excluding hydrogens is 330 g/mol. The van der Waals surface area contributed by atoms with Gasteiger partial charge in [0.15, 0.2) is 0 Å². The van der Waals surface area contributed by atoms with Gasteiger partial charge in [0.25, 0.3) is 0 Å². The molecule has 1 atom stereocenters. The van der Waals surface area contributed by atoms with Crippen molar-refractivity contribution >= 4 is 5.91 Å². The van der Waals surface area contributed by atoms with Gasteiger partial charge in [0, 0.05) is 26.2 Å². The molecule has 1 aromatic rings. The van der Waals surface area contributed by atoms with Gasteiger partial charge in [-0.3, -0.25) is 9.69 Å². The van der Waals surface area contributed by atoms with Gasteiger partial charge < -0.3 is 20.1 Å². The number of carbonyl (C=O) groups is 1. The molecule has 6 heteroatoms. The van der Waals surface area contributed by atoms with Crippen molar-refractivity contribution < 1.29 is 14.6 Å². The molecule has 0 radical (unpaired) electrons. The molecule has 144 valence electrons. The Morgan fingerprint density at radius 1 is 1.23 bits per heavy atom. The molecule has 6 nitrogen and oxygen atoms in total. The highest BCUT2D eigenvalue weighted by Gasteiger charge is 2.35. The van der Waals surface area contributed by atoms with Gasteiger partial charge in [-0.05, 0) is 44.0 Å². The Labute approximate surface area is 156 Å². The van der Waals surface area contributed by atoms with Crippen LogP contribution in [0.15, 0.2) is 24.3 Å². The molecule has 26 heavy (non-hydrogen) atoms. The summed E-state index contributed by atoms with van der Waals surface area (Å²) in [4.78, 5) is 16.7. The topological polar surface area (TPSA) is 65.0 Å². The van der Waals surface area contributed by atoms with E-state index in [-0.39, 0.29) is 12.5 Å². The average Bonchev–Trinajstić information content (AvgIpc) is 3.03. The lowest BCUT2D eigenvalue weighted by Gasteiger charge is -2.33. The Balaban J connectivity index is 1.50. The molecule has 0 bridgehead atoms. The van der Waals surface area contributed by atoms with Gasteiger partial charge in [-0.1, -0.05) is 24.3 Å². The van der Waals surface area contributed by atoms with E-state index in [2.05, 4.69) is 10.2 Å². The molecule has 3 rings (SSSR count). The van der Waals surface area contributed by atoms with Crippen LogP contribution in [0.4, 0.5) is 0 Å². The average molecular weight is 361 g/mol. The zero-order chi connectivity index (χ0) is 18.4. The van der Waals surface area contributed by atoms with E-state index in [0.717, 1.165) is 18.7 Å². The molecule has 2 aliphatic rings. The Hall–Kier alpha value is -1.47. The number of benzene rings is 1. The van der Waals surface area contributed by atoms with Crippen molar-refractivity contribution in [1.29, 1.82) is 0 Å². The molecule has 2 saturated heterocycles. The zero-order valence-corrected chi connectivity index (χ0v) is 15.7. The van der Waals surface area contributed by atoms with Crippen LogP contribution < -0.4 is 5.32 Å². The van der Waals surface area contributed by atoms with Crippen LogP contribution in [0, 0.1) is 6.92 Å². The van der Waals surface area contributed by atoms with E-state index in [0.29, 0.717) is 39.4 Å². The van der Waals surface area contributed by atoms with E-state index in [1.54, 1.807) is 0 Å². The maximum atomic E-state index is 12.4. The van der Waals surface area contributed by atoms with Crippen molar-refractivity contribution in [2.75, 3.05) is 52.5 Å². The summed E-state index contributed by atoms with van der Waals surface area (Å²) >= 11 is 0. The minimum absolute atomic E-state index is 0.0151. The Morgan fingerprint density at radius 3 is 2.77 bits per heavy atom. The first-order valence-corrected chi connectivity index (χ1v) is 9.60. The summed E-state index contributed by atoms with van der Waals surface area (Å²) in [7, 11) is 0. The van der Waals surface area contributed by atoms with Gasteiger partial charge in [-0.15, -0.1) is 0 Å². The molecule has 2 N–H and O–H groups in total. The number of rotatable bonds is 6. The van der Waals surface area contributed by atoms with Crippen LogP contribution in [0.3, 0.4) is 0 Å². The highest BCUT2D eigenvalue weighted by molar-refractivity contribution is 5.78. The van der Waals surface area contributed by atoms with Crippen LogP contribution in [-0.4, -0.2) is 78.9 Å². The summed E-state index contributed by atoms with van der Waals surface area (Å²) < 4.78 is 5.63. The van der Waals surface area contributed by atoms with Crippen LogP contribution >= 0.6 is 0 Å². The van der Waals surface area contributed by atoms with E-state index in [1.807, 2.05) is 36.1 Å². The van der Waals surface area contributed by atoms with Crippen LogP contribution in [0.25, 0.3) is 0 Å². The predicted molar refractivity (Wildman–Crippen MR) is 101 cm³/mol. The fraction of sp³-hybridized carbons (Fsp3) is 0.650. The monoisotopic (exact) mass is 361 g/mol. The van der Waals surface area contributed by atoms with Gasteiger partial charge in [0.2, 0.25) is 5.91 Å². The van der Waals surface area contributed by atoms with E-state index >= 15 is 0 Å². The summed E-state index contributed by atoms with van der Waals surface area (Å²) in [6.45, 7) is 7.60. The third-order valence-electron chi connectivity index (χ3n) is 5.26. The summed E-state index contributed by atoms with van der Waals surface area (Å²) in [5.41, 5.74) is 1.40. The molecule has 0 aromatic heterocycles. The minimum atomic E-state index is -0.906. The number of nitrogens with one attached hydrogen (secondary N) is 1. The van der Waals surface area contributed by atoms with Gasteiger partial charge in [-0.2, -0.15) is 0 Å². The number of amides is 1. The van der Waals surface area contributed by atoms with E-state index in [4.69, 9.17) is 4.74 Å². The van der Waals surface area contributed by atoms with Crippen LogP contribution in [-0.2, 0) is 16.1 Å². The minimum Gasteiger partial charge on any atom is -0.385 e. The van der Waals surface area contributed by atoms with Crippen LogP contribution in [0.5, 0.6) is 0 Å². The standard InChI is InChI=1S/C20H31N3O3/c1-17-6-2-3-7-18(17)12-21-19(24)13-23-10-11-26-16-20(25,15-23)14-22-8-4-5-9-22/h2-3,6-7,25H,4-5,8-16H2,1H3,(H,21,24)/t20-/m1/s1. The van der Waals surface area contributed by atoms with Crippen molar-refractivity contribution in [3.63, 3.8) is 0 Å². The van der Waals surface area contributed by atoms with Crippen molar-refractivity contribution in [2.45, 2.75) is 31.9 Å². The number of likely N-dealkylation sites (tertiary alicyclic amines) is 1. The third-order valence-corrected chi connectivity index (χ3v) is 5.26. The van der Waals surface area contributed by atoms with Crippen molar-refractivity contribution in [2.24, 2.45) is 0 Å². The molecule has 2 aliphatic heterocycles. The van der Waals surface area contributed by atoms with Crippen molar-refractivity contribution in [3.05, 3.63) is 35.4 Å². The molecule has 0 spiro atoms. The summed E-state index contributed by atoms with van der Waals surface area (Å²) in [6.07, 6.45) is 2.39. The molecule has 0 unspecified atom stereocenters. The molecule has 2 fully saturated rings. The van der Waals surface area contributed by atoms with E-state index < -0.39 is 5.60 Å². The summed E-state index contributed by atoms with van der Waals surface area (Å²) in [6, 6.07) is 8.06. The highest BCUT2D eigenvalue weighted by atomic mass is 16.5. The molecule has 1 aromatic carbocycles. The van der Waals surface area contributed by atoms with Crippen LogP contribution in [0.2, 0.25) is 0 Å². The van der Waals surface area contributed by atoms with E-state index in [9.17, 15) is 9.90 Å². The van der Waals surface area contributed by atoms with Gasteiger partial charge >= 0.3 is 0 Å². The first-order chi connectivity index (χ1) is 12.5. The number of carbonyl (C=O) groups excluding carboxylic acids is 1. The lowest BCUT2D eigenvalue weighted by molar-refractivity contribution is -0.123. The maximum absolute atomic E-state index is 12.4. The Morgan fingerprint density at radius 2 is 2.00 bits per heavy atom. The van der Waals surface area contributed by atoms with Gasteiger partial charge in [0.1, 0.15) is 5.60 Å². The summed E-state index contributed by atoms with van der Waals surface area (Å²) in [5.74, 6) is -0.0151. The van der Waals surface area contributed by atoms with Crippen molar-refractivity contribution in [1.82, 2.24) is 15.1 Å². The molecular formula is C20H31N3O3. The van der Waals surface area contributed by atoms with Gasteiger partial charge in [-0.25, -0.2) is 0 Å². The SMILES string of the molecule is Cc1ccccc1CNC(=O)CN1CCOC[C@@](O)(CN2CCCC2)C1. The Bertz CT molecular complexity index is 604. The first kappa shape index (κ1) is 19.3. The highest BCUT2D eigenvalue weighted by Crippen LogP contribution is 2.17. The molecule has 0 aliphatic carbocycles. The molecule has 1 amide bonds. The molecule has 0 saturated carbocycles. The third kappa shape index (κ3) is 5.51. The first-order valence-electron chi connectivity index (χ1n) is 9.60. The number of aliphatic hydroxyl groups is 1. The normalized spacial score (nSPS) is 25.2. The second-order valence-corrected chi connectivity index (χ2v) is 7.67. The number of hydrogen-bond donors (Lipinski definition) is 2. The summed E-state index contributed by atoms with van der Waals surface area (Å²) in [5, 5.41) is 14.0. The number of aryl methyl sites for hydroxylation is 1. The predicted octanol–water partition coefficient (Wildman–Crippen LogP) is 0.770. The van der Waals surface area contributed by atoms with E-state index in [1.165, 1.54) is 18.4 Å². The molecule has 2 heterocycles. The second-order valence-electron chi connectivity index (χ2n) is 7.67. The number of ether oxygens (including phenoxy) is 1. The number of β-amino-alcohol motifs (C(OH)–C–C–N with tert-alkyl or cyclic N) is 1. The number of hydrogen-bond acceptors (Lipinski definition) is 5. The lowest BCUT2D eigenvalue weighted by atomic mass is 10.0. The Kier molecular flexibility index (Phi) is 6.64. The van der Waals surface area contributed by atoms with Crippen LogP contribution in [0.1, 0.15) is 24.0 Å². The zero-order valence-electron chi connectivity index (χ0n) is 15.7. The fourth-order valence-corrected chi connectivity index (χ4v) is 3.85. The quantitative estimate of drug-likeness (QED) is 0.784. The smallest absolute Gasteiger partial charge is 0.234 e. The van der Waals surface area contributed by atoms with Crippen molar-refractivity contribution in [3.8, 4) is 0 Å². The fourth-order valence-electron chi connectivity index (χ4n) is 3.85. The largest absolute Gasteiger partial charge is 0.385 e. The number of nitrogens with zero attached hydrogens (tertiary/aromatic N) is 2. The van der Waals surface area contributed by atoms with Gasteiger partial charge in [0.05, 0.1) is 19.8 Å². The maximum Gasteiger partial charge on any atom is 0.234 e. The lowest BCUT2D eigenvalue weighted by Crippen LogP contribution is -2.53.